The quantitative estimate of drug-likeness (QED) is 0.446. The number of aromatic nitrogens is 2. The summed E-state index contributed by atoms with van der Waals surface area (Å²) in [6.45, 7) is 4.67. The van der Waals surface area contributed by atoms with E-state index in [9.17, 15) is 4.79 Å². The van der Waals surface area contributed by atoms with Gasteiger partial charge in [-0.05, 0) is 13.8 Å². The Morgan fingerprint density at radius 2 is 2.29 bits per heavy atom. The van der Waals surface area contributed by atoms with Crippen LogP contribution in [-0.4, -0.2) is 34.3 Å². The molecule has 1 atom stereocenters. The average molecular weight is 259 g/mol. The first-order valence-electron chi connectivity index (χ1n) is 5.39. The molecule has 1 aromatic rings. The fraction of sp³-hybridized carbons (Fsp3) is 0.600. The van der Waals surface area contributed by atoms with E-state index in [0.29, 0.717) is 31.2 Å². The van der Waals surface area contributed by atoms with Gasteiger partial charge >= 0.3 is 5.97 Å². The molecule has 96 valence electrons. The number of nitrogens with two attached hydrogens (primary N) is 1. The van der Waals surface area contributed by atoms with Crippen molar-refractivity contribution in [2.75, 3.05) is 13.2 Å². The number of rotatable bonds is 6. The van der Waals surface area contributed by atoms with E-state index >= 15 is 0 Å². The van der Waals surface area contributed by atoms with Crippen LogP contribution >= 0.6 is 12.6 Å². The third-order valence-corrected chi connectivity index (χ3v) is 2.09. The first-order valence-corrected chi connectivity index (χ1v) is 5.91. The number of carbonyl (C=O) groups excluding carboxylic acids is 1. The van der Waals surface area contributed by atoms with Crippen molar-refractivity contribution in [2.45, 2.75) is 25.8 Å². The predicted octanol–water partition coefficient (Wildman–Crippen LogP) is 0.673. The number of esters is 1. The Bertz CT molecular complexity index is 379. The maximum absolute atomic E-state index is 11.6. The molecule has 0 amide bonds. The van der Waals surface area contributed by atoms with E-state index in [1.165, 1.54) is 10.9 Å². The standard InChI is InChI=1S/C10H17N3O3S/c1-3-15-9-7(10(14)16-4-2)5-12-13(9)6-8(11)17/h5,8,17H,3-4,6,11H2,1-2H3. The Morgan fingerprint density at radius 3 is 2.82 bits per heavy atom. The molecule has 17 heavy (non-hydrogen) atoms. The van der Waals surface area contributed by atoms with Crippen molar-refractivity contribution in [1.29, 1.82) is 0 Å². The molecule has 1 unspecified atom stereocenters. The molecule has 6 nitrogen and oxygen atoms in total. The highest BCUT2D eigenvalue weighted by atomic mass is 32.1. The maximum atomic E-state index is 11.6. The molecule has 0 radical (unpaired) electrons. The lowest BCUT2D eigenvalue weighted by Gasteiger charge is -2.10. The molecule has 0 bridgehead atoms. The van der Waals surface area contributed by atoms with Gasteiger partial charge in [-0.15, -0.1) is 0 Å². The molecule has 0 aliphatic carbocycles. The van der Waals surface area contributed by atoms with Crippen LogP contribution in [0, 0.1) is 0 Å². The highest BCUT2D eigenvalue weighted by molar-refractivity contribution is 7.80. The van der Waals surface area contributed by atoms with Gasteiger partial charge in [-0.1, -0.05) is 0 Å². The second kappa shape index (κ2) is 6.51. The second-order valence-electron chi connectivity index (χ2n) is 3.27. The Hall–Kier alpha value is -1.21. The predicted molar refractivity (Wildman–Crippen MR) is 66.3 cm³/mol. The summed E-state index contributed by atoms with van der Waals surface area (Å²) >= 11 is 4.07. The number of ether oxygens (including phenoxy) is 2. The summed E-state index contributed by atoms with van der Waals surface area (Å²) in [6, 6.07) is 0. The maximum Gasteiger partial charge on any atom is 0.345 e. The molecule has 0 saturated heterocycles. The minimum Gasteiger partial charge on any atom is -0.478 e. The molecule has 7 heteroatoms. The molecule has 1 heterocycles. The molecule has 0 fully saturated rings. The van der Waals surface area contributed by atoms with Crippen molar-refractivity contribution in [3.63, 3.8) is 0 Å². The highest BCUT2D eigenvalue weighted by Gasteiger charge is 2.20. The van der Waals surface area contributed by atoms with E-state index in [1.807, 2.05) is 6.92 Å². The fourth-order valence-electron chi connectivity index (χ4n) is 1.32. The number of thiol groups is 1. The van der Waals surface area contributed by atoms with E-state index in [-0.39, 0.29) is 5.37 Å². The first-order chi connectivity index (χ1) is 8.10. The van der Waals surface area contributed by atoms with Gasteiger partial charge in [0.05, 0.1) is 31.3 Å². The lowest BCUT2D eigenvalue weighted by molar-refractivity contribution is 0.0521. The Labute approximate surface area is 105 Å². The topological polar surface area (TPSA) is 79.4 Å². The summed E-state index contributed by atoms with van der Waals surface area (Å²) in [5, 5.41) is 3.67. The monoisotopic (exact) mass is 259 g/mol. The summed E-state index contributed by atoms with van der Waals surface area (Å²) in [6.07, 6.45) is 1.42. The van der Waals surface area contributed by atoms with E-state index < -0.39 is 5.97 Å². The molecule has 2 N–H and O–H groups in total. The zero-order chi connectivity index (χ0) is 12.8. The van der Waals surface area contributed by atoms with Gasteiger partial charge in [-0.25, -0.2) is 9.48 Å². The van der Waals surface area contributed by atoms with Crippen LogP contribution in [0.2, 0.25) is 0 Å². The summed E-state index contributed by atoms with van der Waals surface area (Å²) in [5.74, 6) is -0.0783. The van der Waals surface area contributed by atoms with Gasteiger partial charge in [-0.2, -0.15) is 17.7 Å². The molecule has 0 aromatic carbocycles. The number of nitrogens with zero attached hydrogens (tertiary/aromatic N) is 2. The zero-order valence-corrected chi connectivity index (χ0v) is 10.8. The highest BCUT2D eigenvalue weighted by Crippen LogP contribution is 2.20. The fourth-order valence-corrected chi connectivity index (χ4v) is 1.47. The minimum atomic E-state index is -0.449. The van der Waals surface area contributed by atoms with Gasteiger partial charge < -0.3 is 15.2 Å². The lowest BCUT2D eigenvalue weighted by Crippen LogP contribution is -2.21. The van der Waals surface area contributed by atoms with E-state index in [4.69, 9.17) is 15.2 Å². The van der Waals surface area contributed by atoms with E-state index in [1.54, 1.807) is 6.92 Å². The second-order valence-corrected chi connectivity index (χ2v) is 3.93. The Kier molecular flexibility index (Phi) is 5.30. The van der Waals surface area contributed by atoms with Crippen LogP contribution in [0.3, 0.4) is 0 Å². The third-order valence-electron chi connectivity index (χ3n) is 1.93. The van der Waals surface area contributed by atoms with Crippen molar-refractivity contribution in [2.24, 2.45) is 5.73 Å². The van der Waals surface area contributed by atoms with Gasteiger partial charge in [0.15, 0.2) is 0 Å². The van der Waals surface area contributed by atoms with Crippen LogP contribution in [-0.2, 0) is 11.3 Å². The largest absolute Gasteiger partial charge is 0.478 e. The summed E-state index contributed by atoms with van der Waals surface area (Å²) in [4.78, 5) is 11.6. The van der Waals surface area contributed by atoms with Crippen molar-refractivity contribution in [1.82, 2.24) is 9.78 Å². The smallest absolute Gasteiger partial charge is 0.345 e. The van der Waals surface area contributed by atoms with Crippen LogP contribution < -0.4 is 10.5 Å². The third kappa shape index (κ3) is 3.64. The molecule has 0 aliphatic heterocycles. The van der Waals surface area contributed by atoms with Crippen LogP contribution in [0.5, 0.6) is 5.88 Å². The summed E-state index contributed by atoms with van der Waals surface area (Å²) in [7, 11) is 0. The molecule has 1 rings (SSSR count). The van der Waals surface area contributed by atoms with Crippen molar-refractivity contribution >= 4 is 18.6 Å². The molecule has 0 aliphatic rings. The van der Waals surface area contributed by atoms with Crippen molar-refractivity contribution in [3.8, 4) is 5.88 Å². The minimum absolute atomic E-state index is 0.307. The van der Waals surface area contributed by atoms with Gasteiger partial charge in [0.1, 0.15) is 5.56 Å². The molecular weight excluding hydrogens is 242 g/mol. The van der Waals surface area contributed by atoms with E-state index in [0.717, 1.165) is 0 Å². The van der Waals surface area contributed by atoms with Gasteiger partial charge in [0.2, 0.25) is 5.88 Å². The van der Waals surface area contributed by atoms with Gasteiger partial charge in [0, 0.05) is 0 Å². The molecular formula is C10H17N3O3S. The van der Waals surface area contributed by atoms with Gasteiger partial charge in [0.25, 0.3) is 0 Å². The molecule has 0 saturated carbocycles. The lowest BCUT2D eigenvalue weighted by atomic mass is 10.3. The normalized spacial score (nSPS) is 12.2. The Balaban J connectivity index is 2.97. The van der Waals surface area contributed by atoms with Crippen molar-refractivity contribution in [3.05, 3.63) is 11.8 Å². The summed E-state index contributed by atoms with van der Waals surface area (Å²) in [5.41, 5.74) is 5.87. The number of hydrogen-bond donors (Lipinski definition) is 2. The summed E-state index contributed by atoms with van der Waals surface area (Å²) < 4.78 is 11.8. The van der Waals surface area contributed by atoms with Crippen molar-refractivity contribution < 1.29 is 14.3 Å². The zero-order valence-electron chi connectivity index (χ0n) is 9.92. The van der Waals surface area contributed by atoms with Crippen LogP contribution in [0.15, 0.2) is 6.20 Å². The van der Waals surface area contributed by atoms with E-state index in [2.05, 4.69) is 17.7 Å². The number of hydrogen-bond acceptors (Lipinski definition) is 6. The molecule has 1 aromatic heterocycles. The van der Waals surface area contributed by atoms with Crippen LogP contribution in [0.25, 0.3) is 0 Å². The average Bonchev–Trinajstić information content (AvgIpc) is 2.62. The Morgan fingerprint density at radius 1 is 1.59 bits per heavy atom. The van der Waals surface area contributed by atoms with Crippen LogP contribution in [0.4, 0.5) is 0 Å². The SMILES string of the molecule is CCOC(=O)c1cnn(CC(N)S)c1OCC. The van der Waals surface area contributed by atoms with Crippen LogP contribution in [0.1, 0.15) is 24.2 Å². The number of carbonyl (C=O) groups is 1. The molecule has 0 spiro atoms. The first kappa shape index (κ1) is 13.9. The van der Waals surface area contributed by atoms with Gasteiger partial charge in [-0.3, -0.25) is 0 Å².